The molecule has 1 N–H and O–H groups in total. The van der Waals surface area contributed by atoms with E-state index in [1.54, 1.807) is 6.26 Å². The van der Waals surface area contributed by atoms with E-state index in [2.05, 4.69) is 18.7 Å². The quantitative estimate of drug-likeness (QED) is 0.853. The maximum Gasteiger partial charge on any atom is 0.120 e. The van der Waals surface area contributed by atoms with Crippen LogP contribution in [-0.4, -0.2) is 29.7 Å². The minimum absolute atomic E-state index is 0.134. The van der Waals surface area contributed by atoms with Crippen molar-refractivity contribution in [2.45, 2.75) is 33.2 Å². The lowest BCUT2D eigenvalue weighted by Gasteiger charge is -2.37. The molecule has 1 aromatic heterocycles. The second-order valence-corrected chi connectivity index (χ2v) is 5.27. The van der Waals surface area contributed by atoms with Crippen LogP contribution < -0.4 is 0 Å². The van der Waals surface area contributed by atoms with E-state index in [1.165, 1.54) is 5.56 Å². The van der Waals surface area contributed by atoms with E-state index in [0.717, 1.165) is 38.2 Å². The Morgan fingerprint density at radius 2 is 2.12 bits per heavy atom. The zero-order chi connectivity index (χ0) is 11.6. The fourth-order valence-corrected chi connectivity index (χ4v) is 2.18. The fraction of sp³-hybridized carbons (Fsp3) is 0.692. The van der Waals surface area contributed by atoms with E-state index < -0.39 is 0 Å². The van der Waals surface area contributed by atoms with Crippen molar-refractivity contribution in [2.24, 2.45) is 5.41 Å². The molecule has 0 radical (unpaired) electrons. The zero-order valence-electron chi connectivity index (χ0n) is 10.2. The Hall–Kier alpha value is -0.800. The number of likely N-dealkylation sites (tertiary alicyclic amines) is 1. The van der Waals surface area contributed by atoms with E-state index in [1.807, 2.05) is 6.07 Å². The van der Waals surface area contributed by atoms with Gasteiger partial charge in [0.15, 0.2) is 0 Å². The molecule has 0 amide bonds. The molecule has 0 bridgehead atoms. The van der Waals surface area contributed by atoms with Gasteiger partial charge in [-0.3, -0.25) is 4.90 Å². The molecule has 1 fully saturated rings. The van der Waals surface area contributed by atoms with Crippen molar-refractivity contribution in [2.75, 3.05) is 19.7 Å². The van der Waals surface area contributed by atoms with Crippen molar-refractivity contribution in [3.05, 3.63) is 23.7 Å². The number of piperidine rings is 1. The predicted molar refractivity (Wildman–Crippen MR) is 63.1 cm³/mol. The Balaban J connectivity index is 1.88. The summed E-state index contributed by atoms with van der Waals surface area (Å²) >= 11 is 0. The standard InChI is InChI=1S/C13H21NO2/c1-11-3-8-16-12(11)9-14-6-4-13(2,10-15)5-7-14/h3,8,15H,4-7,9-10H2,1-2H3. The van der Waals surface area contributed by atoms with Crippen LogP contribution in [-0.2, 0) is 6.54 Å². The van der Waals surface area contributed by atoms with Crippen LogP contribution in [0.15, 0.2) is 16.7 Å². The first-order valence-corrected chi connectivity index (χ1v) is 5.99. The van der Waals surface area contributed by atoms with Crippen LogP contribution in [0.5, 0.6) is 0 Å². The van der Waals surface area contributed by atoms with E-state index in [-0.39, 0.29) is 5.41 Å². The summed E-state index contributed by atoms with van der Waals surface area (Å²) in [4.78, 5) is 2.41. The minimum atomic E-state index is 0.134. The third-order valence-electron chi connectivity index (χ3n) is 3.78. The minimum Gasteiger partial charge on any atom is -0.468 e. The van der Waals surface area contributed by atoms with Gasteiger partial charge < -0.3 is 9.52 Å². The Labute approximate surface area is 97.1 Å². The summed E-state index contributed by atoms with van der Waals surface area (Å²) in [5.41, 5.74) is 1.37. The van der Waals surface area contributed by atoms with Gasteiger partial charge in [-0.15, -0.1) is 0 Å². The molecule has 0 aliphatic carbocycles. The largest absolute Gasteiger partial charge is 0.468 e. The van der Waals surface area contributed by atoms with Gasteiger partial charge in [0.25, 0.3) is 0 Å². The highest BCUT2D eigenvalue weighted by atomic mass is 16.3. The first-order chi connectivity index (χ1) is 7.63. The molecule has 0 unspecified atom stereocenters. The summed E-state index contributed by atoms with van der Waals surface area (Å²) in [5.74, 6) is 1.08. The summed E-state index contributed by atoms with van der Waals surface area (Å²) in [7, 11) is 0. The molecule has 0 aromatic carbocycles. The molecular weight excluding hydrogens is 202 g/mol. The van der Waals surface area contributed by atoms with Crippen LogP contribution in [0.1, 0.15) is 31.1 Å². The number of aliphatic hydroxyl groups excluding tert-OH is 1. The van der Waals surface area contributed by atoms with Crippen LogP contribution in [0.3, 0.4) is 0 Å². The van der Waals surface area contributed by atoms with Crippen molar-refractivity contribution < 1.29 is 9.52 Å². The van der Waals surface area contributed by atoms with Crippen molar-refractivity contribution in [3.8, 4) is 0 Å². The van der Waals surface area contributed by atoms with Crippen molar-refractivity contribution in [3.63, 3.8) is 0 Å². The Kier molecular flexibility index (Phi) is 3.36. The zero-order valence-corrected chi connectivity index (χ0v) is 10.2. The normalized spacial score (nSPS) is 21.2. The van der Waals surface area contributed by atoms with Gasteiger partial charge in [-0.1, -0.05) is 6.92 Å². The number of furan rings is 1. The van der Waals surface area contributed by atoms with Crippen LogP contribution >= 0.6 is 0 Å². The molecule has 0 atom stereocenters. The van der Waals surface area contributed by atoms with Crippen LogP contribution in [0.4, 0.5) is 0 Å². The Morgan fingerprint density at radius 3 is 2.62 bits per heavy atom. The molecule has 1 aliphatic heterocycles. The van der Waals surface area contributed by atoms with Gasteiger partial charge >= 0.3 is 0 Å². The van der Waals surface area contributed by atoms with Gasteiger partial charge in [-0.25, -0.2) is 0 Å². The summed E-state index contributed by atoms with van der Waals surface area (Å²) < 4.78 is 5.45. The lowest BCUT2D eigenvalue weighted by atomic mass is 9.81. The van der Waals surface area contributed by atoms with Crippen LogP contribution in [0.2, 0.25) is 0 Å². The molecule has 0 spiro atoms. The van der Waals surface area contributed by atoms with Gasteiger partial charge in [-0.05, 0) is 49.9 Å². The predicted octanol–water partition coefficient (Wildman–Crippen LogP) is 2.18. The van der Waals surface area contributed by atoms with Crippen molar-refractivity contribution in [1.82, 2.24) is 4.90 Å². The van der Waals surface area contributed by atoms with Crippen molar-refractivity contribution >= 4 is 0 Å². The number of rotatable bonds is 3. The molecule has 3 heteroatoms. The number of hydrogen-bond donors (Lipinski definition) is 1. The second kappa shape index (κ2) is 4.60. The maximum absolute atomic E-state index is 9.30. The van der Waals surface area contributed by atoms with E-state index in [4.69, 9.17) is 4.42 Å². The molecule has 90 valence electrons. The summed E-state index contributed by atoms with van der Waals surface area (Å²) in [6, 6.07) is 2.01. The smallest absolute Gasteiger partial charge is 0.120 e. The molecule has 1 aromatic rings. The molecule has 1 saturated heterocycles. The van der Waals surface area contributed by atoms with Crippen LogP contribution in [0, 0.1) is 12.3 Å². The first-order valence-electron chi connectivity index (χ1n) is 5.99. The van der Waals surface area contributed by atoms with Gasteiger partial charge in [0.2, 0.25) is 0 Å². The monoisotopic (exact) mass is 223 g/mol. The number of aryl methyl sites for hydroxylation is 1. The van der Waals surface area contributed by atoms with E-state index in [0.29, 0.717) is 6.61 Å². The first kappa shape index (κ1) is 11.7. The number of hydrogen-bond acceptors (Lipinski definition) is 3. The third kappa shape index (κ3) is 2.47. The summed E-state index contributed by atoms with van der Waals surface area (Å²) in [5, 5.41) is 9.30. The average Bonchev–Trinajstić information content (AvgIpc) is 2.68. The van der Waals surface area contributed by atoms with Gasteiger partial charge in [0.1, 0.15) is 5.76 Å². The summed E-state index contributed by atoms with van der Waals surface area (Å²) in [6.45, 7) is 7.57. The van der Waals surface area contributed by atoms with E-state index >= 15 is 0 Å². The van der Waals surface area contributed by atoms with Gasteiger partial charge in [0, 0.05) is 6.61 Å². The second-order valence-electron chi connectivity index (χ2n) is 5.27. The summed E-state index contributed by atoms with van der Waals surface area (Å²) in [6.07, 6.45) is 3.90. The maximum atomic E-state index is 9.30. The SMILES string of the molecule is Cc1ccoc1CN1CCC(C)(CO)CC1. The lowest BCUT2D eigenvalue weighted by molar-refractivity contribution is 0.0530. The third-order valence-corrected chi connectivity index (χ3v) is 3.78. The number of aliphatic hydroxyl groups is 1. The average molecular weight is 223 g/mol. The molecule has 3 nitrogen and oxygen atoms in total. The molecule has 2 heterocycles. The molecule has 0 saturated carbocycles. The highest BCUT2D eigenvalue weighted by Gasteiger charge is 2.29. The Morgan fingerprint density at radius 1 is 1.44 bits per heavy atom. The molecule has 1 aliphatic rings. The van der Waals surface area contributed by atoms with Crippen LogP contribution in [0.25, 0.3) is 0 Å². The Bertz CT molecular complexity index is 337. The highest BCUT2D eigenvalue weighted by molar-refractivity contribution is 5.14. The van der Waals surface area contributed by atoms with Gasteiger partial charge in [0.05, 0.1) is 12.8 Å². The number of nitrogens with zero attached hydrogens (tertiary/aromatic N) is 1. The van der Waals surface area contributed by atoms with E-state index in [9.17, 15) is 5.11 Å². The molecular formula is C13H21NO2. The van der Waals surface area contributed by atoms with Gasteiger partial charge in [-0.2, -0.15) is 0 Å². The molecule has 16 heavy (non-hydrogen) atoms. The fourth-order valence-electron chi connectivity index (χ4n) is 2.18. The van der Waals surface area contributed by atoms with Crippen molar-refractivity contribution in [1.29, 1.82) is 0 Å². The molecule has 2 rings (SSSR count). The topological polar surface area (TPSA) is 36.6 Å². The highest BCUT2D eigenvalue weighted by Crippen LogP contribution is 2.30. The lowest BCUT2D eigenvalue weighted by Crippen LogP contribution is -2.39.